The smallest absolute Gasteiger partial charge is 0.255 e. The molecule has 1 aliphatic rings. The number of carbonyl (C=O) groups excluding carboxylic acids is 1. The van der Waals surface area contributed by atoms with Gasteiger partial charge in [-0.1, -0.05) is 12.1 Å². The summed E-state index contributed by atoms with van der Waals surface area (Å²) in [4.78, 5) is 14.5. The summed E-state index contributed by atoms with van der Waals surface area (Å²) in [6, 6.07) is 10.0. The van der Waals surface area contributed by atoms with Gasteiger partial charge in [0.25, 0.3) is 5.91 Å². The van der Waals surface area contributed by atoms with E-state index < -0.39 is 11.4 Å². The number of hydrogen-bond donors (Lipinski definition) is 1. The highest BCUT2D eigenvalue weighted by atomic mass is 19.1. The van der Waals surface area contributed by atoms with E-state index in [-0.39, 0.29) is 12.5 Å². The fourth-order valence-corrected chi connectivity index (χ4v) is 3.40. The number of nitrogens with zero attached hydrogens (tertiary/aromatic N) is 1. The third-order valence-corrected chi connectivity index (χ3v) is 4.62. The van der Waals surface area contributed by atoms with Crippen LogP contribution in [-0.2, 0) is 18.7 Å². The number of rotatable bonds is 4. The van der Waals surface area contributed by atoms with Gasteiger partial charge in [0.15, 0.2) is 0 Å². The molecule has 2 aromatic rings. The number of benzene rings is 2. The van der Waals surface area contributed by atoms with Crippen molar-refractivity contribution in [3.8, 4) is 5.75 Å². The third-order valence-electron chi connectivity index (χ3n) is 4.62. The molecule has 1 N–H and O–H groups in total. The zero-order chi connectivity index (χ0) is 17.5. The van der Waals surface area contributed by atoms with Crippen molar-refractivity contribution < 1.29 is 19.0 Å². The zero-order valence-electron chi connectivity index (χ0n) is 14.0. The van der Waals surface area contributed by atoms with Crippen LogP contribution in [0.25, 0.3) is 0 Å². The molecule has 0 saturated heterocycles. The maximum Gasteiger partial charge on any atom is 0.255 e. The van der Waals surface area contributed by atoms with Crippen LogP contribution in [0.3, 0.4) is 0 Å². The molecule has 126 valence electrons. The van der Waals surface area contributed by atoms with Crippen LogP contribution in [0, 0.1) is 5.82 Å². The van der Waals surface area contributed by atoms with Gasteiger partial charge in [0.1, 0.15) is 11.6 Å². The van der Waals surface area contributed by atoms with E-state index >= 15 is 0 Å². The molecular formula is C19H20FNO3. The quantitative estimate of drug-likeness (QED) is 0.937. The molecule has 0 radical (unpaired) electrons. The molecule has 2 aromatic carbocycles. The van der Waals surface area contributed by atoms with E-state index in [0.29, 0.717) is 23.2 Å². The maximum absolute atomic E-state index is 13.8. The number of fused-ring (bicyclic) bond motifs is 1. The number of aliphatic hydroxyl groups is 1. The minimum atomic E-state index is -0.627. The highest BCUT2D eigenvalue weighted by Crippen LogP contribution is 2.42. The lowest BCUT2D eigenvalue weighted by molar-refractivity contribution is 0.0593. The highest BCUT2D eigenvalue weighted by Gasteiger charge is 2.44. The second-order valence-electron chi connectivity index (χ2n) is 6.44. The Hall–Kier alpha value is -2.40. The number of carbonyl (C=O) groups is 1. The van der Waals surface area contributed by atoms with Crippen molar-refractivity contribution in [1.82, 2.24) is 4.90 Å². The molecule has 0 aliphatic carbocycles. The predicted octanol–water partition coefficient (Wildman–Crippen LogP) is 3.22. The van der Waals surface area contributed by atoms with Gasteiger partial charge in [-0.2, -0.15) is 0 Å². The highest BCUT2D eigenvalue weighted by molar-refractivity contribution is 6.00. The minimum Gasteiger partial charge on any atom is -0.497 e. The fourth-order valence-electron chi connectivity index (χ4n) is 3.40. The summed E-state index contributed by atoms with van der Waals surface area (Å²) in [5.74, 6) is 0.0203. The summed E-state index contributed by atoms with van der Waals surface area (Å²) >= 11 is 0. The summed E-state index contributed by atoms with van der Waals surface area (Å²) in [7, 11) is 1.60. The first-order chi connectivity index (χ1) is 11.4. The Bertz CT molecular complexity index is 784. The van der Waals surface area contributed by atoms with Gasteiger partial charge in [-0.25, -0.2) is 4.39 Å². The lowest BCUT2D eigenvalue weighted by Gasteiger charge is -2.33. The molecule has 0 aromatic heterocycles. The van der Waals surface area contributed by atoms with Crippen molar-refractivity contribution in [2.45, 2.75) is 32.5 Å². The van der Waals surface area contributed by atoms with Crippen molar-refractivity contribution in [3.05, 3.63) is 64.5 Å². The molecular weight excluding hydrogens is 309 g/mol. The topological polar surface area (TPSA) is 49.8 Å². The number of amides is 1. The van der Waals surface area contributed by atoms with Gasteiger partial charge in [0.05, 0.1) is 19.3 Å². The molecule has 0 spiro atoms. The van der Waals surface area contributed by atoms with E-state index in [9.17, 15) is 14.3 Å². The van der Waals surface area contributed by atoms with Crippen molar-refractivity contribution >= 4 is 5.91 Å². The third kappa shape index (κ3) is 2.55. The van der Waals surface area contributed by atoms with Gasteiger partial charge >= 0.3 is 0 Å². The van der Waals surface area contributed by atoms with Crippen molar-refractivity contribution in [2.24, 2.45) is 0 Å². The number of methoxy groups -OCH3 is 1. The fraction of sp³-hybridized carbons (Fsp3) is 0.316. The van der Waals surface area contributed by atoms with Crippen LogP contribution in [0.1, 0.15) is 40.9 Å². The molecule has 0 fully saturated rings. The SMILES string of the molecule is COc1ccc(CN2C(=O)c3cc(F)cc(CO)c3C2(C)C)cc1. The Labute approximate surface area is 140 Å². The number of aliphatic hydroxyl groups excluding tert-OH is 1. The second-order valence-corrected chi connectivity index (χ2v) is 6.44. The molecule has 5 heteroatoms. The van der Waals surface area contributed by atoms with Crippen molar-refractivity contribution in [1.29, 1.82) is 0 Å². The van der Waals surface area contributed by atoms with E-state index in [1.54, 1.807) is 12.0 Å². The van der Waals surface area contributed by atoms with Crippen LogP contribution in [0.4, 0.5) is 4.39 Å². The summed E-state index contributed by atoms with van der Waals surface area (Å²) in [5, 5.41) is 9.57. The first-order valence-electron chi connectivity index (χ1n) is 7.77. The average Bonchev–Trinajstić information content (AvgIpc) is 2.75. The van der Waals surface area contributed by atoms with Crippen molar-refractivity contribution in [2.75, 3.05) is 7.11 Å². The molecule has 0 bridgehead atoms. The normalized spacial score (nSPS) is 15.5. The largest absolute Gasteiger partial charge is 0.497 e. The van der Waals surface area contributed by atoms with Crippen LogP contribution < -0.4 is 4.74 Å². The predicted molar refractivity (Wildman–Crippen MR) is 88.2 cm³/mol. The number of ether oxygens (including phenoxy) is 1. The Morgan fingerprint density at radius 1 is 1.21 bits per heavy atom. The van der Waals surface area contributed by atoms with Gasteiger partial charge in [-0.05, 0) is 54.8 Å². The Morgan fingerprint density at radius 2 is 1.88 bits per heavy atom. The van der Waals surface area contributed by atoms with Crippen LogP contribution in [0.5, 0.6) is 5.75 Å². The number of hydrogen-bond acceptors (Lipinski definition) is 3. The summed E-state index contributed by atoms with van der Waals surface area (Å²) in [6.07, 6.45) is 0. The molecule has 0 saturated carbocycles. The van der Waals surface area contributed by atoms with Gasteiger partial charge in [-0.3, -0.25) is 4.79 Å². The summed E-state index contributed by atoms with van der Waals surface area (Å²) in [5.41, 5.74) is 1.82. The first kappa shape index (κ1) is 16.5. The van der Waals surface area contributed by atoms with Gasteiger partial charge in [0, 0.05) is 12.1 Å². The zero-order valence-corrected chi connectivity index (χ0v) is 14.0. The molecule has 0 atom stereocenters. The second kappa shape index (κ2) is 5.91. The molecule has 1 amide bonds. The molecule has 24 heavy (non-hydrogen) atoms. The molecule has 0 unspecified atom stereocenters. The molecule has 4 nitrogen and oxygen atoms in total. The first-order valence-corrected chi connectivity index (χ1v) is 7.77. The average molecular weight is 329 g/mol. The maximum atomic E-state index is 13.8. The lowest BCUT2D eigenvalue weighted by Crippen LogP contribution is -2.38. The molecule has 1 heterocycles. The Balaban J connectivity index is 1.99. The van der Waals surface area contributed by atoms with Crippen LogP contribution >= 0.6 is 0 Å². The molecule has 3 rings (SSSR count). The van der Waals surface area contributed by atoms with E-state index in [0.717, 1.165) is 11.3 Å². The monoisotopic (exact) mass is 329 g/mol. The van der Waals surface area contributed by atoms with Gasteiger partial charge in [-0.15, -0.1) is 0 Å². The van der Waals surface area contributed by atoms with Crippen LogP contribution in [0.2, 0.25) is 0 Å². The van der Waals surface area contributed by atoms with Crippen LogP contribution in [-0.4, -0.2) is 23.0 Å². The Morgan fingerprint density at radius 3 is 2.46 bits per heavy atom. The summed E-state index contributed by atoms with van der Waals surface area (Å²) < 4.78 is 18.9. The Kier molecular flexibility index (Phi) is 4.05. The van der Waals surface area contributed by atoms with Crippen LogP contribution in [0.15, 0.2) is 36.4 Å². The summed E-state index contributed by atoms with van der Waals surface area (Å²) in [6.45, 7) is 3.93. The standard InChI is InChI=1S/C19H20FNO3/c1-19(2)17-13(11-22)8-14(20)9-16(17)18(23)21(19)10-12-4-6-15(24-3)7-5-12/h4-9,22H,10-11H2,1-3H3. The van der Waals surface area contributed by atoms with E-state index in [2.05, 4.69) is 0 Å². The van der Waals surface area contributed by atoms with E-state index in [4.69, 9.17) is 4.74 Å². The number of halogens is 1. The lowest BCUT2D eigenvalue weighted by atomic mass is 9.89. The van der Waals surface area contributed by atoms with Gasteiger partial charge < -0.3 is 14.7 Å². The van der Waals surface area contributed by atoms with E-state index in [1.165, 1.54) is 12.1 Å². The van der Waals surface area contributed by atoms with Crippen molar-refractivity contribution in [3.63, 3.8) is 0 Å². The van der Waals surface area contributed by atoms with E-state index in [1.807, 2.05) is 38.1 Å². The minimum absolute atomic E-state index is 0.222. The van der Waals surface area contributed by atoms with Gasteiger partial charge in [0.2, 0.25) is 0 Å². The molecule has 1 aliphatic heterocycles.